The highest BCUT2D eigenvalue weighted by atomic mass is 32.2. The lowest BCUT2D eigenvalue weighted by Crippen LogP contribution is -2.40. The van der Waals surface area contributed by atoms with Crippen LogP contribution in [0.4, 0.5) is 0 Å². The van der Waals surface area contributed by atoms with Crippen LogP contribution >= 0.6 is 0 Å². The molecule has 3 nitrogen and oxygen atoms in total. The average Bonchev–Trinajstić information content (AvgIpc) is 2.61. The highest BCUT2D eigenvalue weighted by Crippen LogP contribution is 2.43. The molecule has 2 aliphatic rings. The SMILES string of the molecule is CC(C)(C)[S+]([O-])N=C1CCCC12CCNCC2. The maximum Gasteiger partial charge on any atom is 0.144 e. The van der Waals surface area contributed by atoms with E-state index in [9.17, 15) is 4.55 Å². The Labute approximate surface area is 108 Å². The number of nitrogens with zero attached hydrogens (tertiary/aromatic N) is 1. The zero-order valence-electron chi connectivity index (χ0n) is 11.2. The molecule has 98 valence electrons. The van der Waals surface area contributed by atoms with Crippen LogP contribution in [-0.4, -0.2) is 28.1 Å². The Bertz CT molecular complexity index is 303. The van der Waals surface area contributed by atoms with Crippen molar-refractivity contribution in [2.24, 2.45) is 9.81 Å². The van der Waals surface area contributed by atoms with Gasteiger partial charge in [-0.2, -0.15) is 0 Å². The van der Waals surface area contributed by atoms with Crippen LogP contribution in [0.1, 0.15) is 52.9 Å². The molecule has 1 aliphatic carbocycles. The van der Waals surface area contributed by atoms with Gasteiger partial charge in [0, 0.05) is 5.41 Å². The number of piperidine rings is 1. The Morgan fingerprint density at radius 2 is 1.88 bits per heavy atom. The fraction of sp³-hybridized carbons (Fsp3) is 0.923. The monoisotopic (exact) mass is 256 g/mol. The number of hydrogen-bond donors (Lipinski definition) is 1. The summed E-state index contributed by atoms with van der Waals surface area (Å²) in [7, 11) is 0. The second kappa shape index (κ2) is 4.90. The van der Waals surface area contributed by atoms with E-state index in [4.69, 9.17) is 0 Å². The van der Waals surface area contributed by atoms with Gasteiger partial charge in [-0.25, -0.2) is 0 Å². The fourth-order valence-corrected chi connectivity index (χ4v) is 3.59. The number of nitrogens with one attached hydrogen (secondary N) is 1. The molecule has 1 spiro atoms. The van der Waals surface area contributed by atoms with Gasteiger partial charge in [0.2, 0.25) is 0 Å². The maximum atomic E-state index is 12.2. The zero-order valence-corrected chi connectivity index (χ0v) is 12.0. The zero-order chi connectivity index (χ0) is 12.5. The largest absolute Gasteiger partial charge is 0.591 e. The molecule has 0 aromatic carbocycles. The van der Waals surface area contributed by atoms with Crippen LogP contribution in [-0.2, 0) is 11.4 Å². The van der Waals surface area contributed by atoms with E-state index in [1.807, 2.05) is 20.8 Å². The van der Waals surface area contributed by atoms with Crippen molar-refractivity contribution in [3.63, 3.8) is 0 Å². The molecular formula is C13H24N2OS. The molecule has 0 aromatic rings. The molecule has 0 aromatic heterocycles. The van der Waals surface area contributed by atoms with E-state index in [-0.39, 0.29) is 10.2 Å². The van der Waals surface area contributed by atoms with Gasteiger partial charge in [0.1, 0.15) is 16.1 Å². The van der Waals surface area contributed by atoms with E-state index in [1.165, 1.54) is 31.4 Å². The first kappa shape index (κ1) is 13.4. The van der Waals surface area contributed by atoms with Crippen LogP contribution in [0.3, 0.4) is 0 Å². The topological polar surface area (TPSA) is 47.5 Å². The summed E-state index contributed by atoms with van der Waals surface area (Å²) in [6, 6.07) is 0. The van der Waals surface area contributed by atoms with Gasteiger partial charge in [-0.3, -0.25) is 0 Å². The summed E-state index contributed by atoms with van der Waals surface area (Å²) in [5.41, 5.74) is 1.53. The molecule has 1 unspecified atom stereocenters. The van der Waals surface area contributed by atoms with Crippen molar-refractivity contribution in [1.82, 2.24) is 5.32 Å². The molecular weight excluding hydrogens is 232 g/mol. The van der Waals surface area contributed by atoms with Crippen molar-refractivity contribution in [3.8, 4) is 0 Å². The second-order valence-corrected chi connectivity index (χ2v) is 8.19. The number of hydrogen-bond acceptors (Lipinski definition) is 3. The predicted molar refractivity (Wildman–Crippen MR) is 73.7 cm³/mol. The Morgan fingerprint density at radius 1 is 1.24 bits per heavy atom. The number of rotatable bonds is 1. The summed E-state index contributed by atoms with van der Waals surface area (Å²) in [5, 5.41) is 3.41. The molecule has 0 bridgehead atoms. The summed E-state index contributed by atoms with van der Waals surface area (Å²) >= 11 is -1.09. The Balaban J connectivity index is 2.16. The molecule has 1 aliphatic heterocycles. The Kier molecular flexibility index (Phi) is 3.86. The van der Waals surface area contributed by atoms with E-state index in [1.54, 1.807) is 0 Å². The van der Waals surface area contributed by atoms with Crippen molar-refractivity contribution in [3.05, 3.63) is 0 Å². The van der Waals surface area contributed by atoms with Gasteiger partial charge < -0.3 is 9.87 Å². The quantitative estimate of drug-likeness (QED) is 0.733. The van der Waals surface area contributed by atoms with Gasteiger partial charge in [0.15, 0.2) is 0 Å². The summed E-state index contributed by atoms with van der Waals surface area (Å²) in [4.78, 5) is 0. The van der Waals surface area contributed by atoms with Crippen LogP contribution < -0.4 is 5.32 Å². The first-order valence-corrected chi connectivity index (χ1v) is 7.76. The van der Waals surface area contributed by atoms with E-state index in [0.717, 1.165) is 19.5 Å². The Hall–Kier alpha value is -0.0600. The summed E-state index contributed by atoms with van der Waals surface area (Å²) in [6.45, 7) is 8.16. The minimum atomic E-state index is -1.09. The van der Waals surface area contributed by atoms with Crippen molar-refractivity contribution >= 4 is 17.1 Å². The molecule has 0 amide bonds. The first-order valence-electron chi connectivity index (χ1n) is 6.65. The molecule has 1 atom stereocenters. The van der Waals surface area contributed by atoms with Gasteiger partial charge in [-0.1, -0.05) is 4.40 Å². The minimum absolute atomic E-state index is 0.232. The lowest BCUT2D eigenvalue weighted by atomic mass is 9.76. The van der Waals surface area contributed by atoms with E-state index < -0.39 is 11.4 Å². The highest BCUT2D eigenvalue weighted by molar-refractivity contribution is 7.91. The van der Waals surface area contributed by atoms with Crippen molar-refractivity contribution < 1.29 is 4.55 Å². The maximum absolute atomic E-state index is 12.2. The van der Waals surface area contributed by atoms with E-state index in [2.05, 4.69) is 9.71 Å². The fourth-order valence-electron chi connectivity index (χ4n) is 2.83. The van der Waals surface area contributed by atoms with Crippen LogP contribution in [0, 0.1) is 5.41 Å². The molecule has 2 rings (SSSR count). The first-order chi connectivity index (χ1) is 7.94. The van der Waals surface area contributed by atoms with Crippen LogP contribution in [0.2, 0.25) is 0 Å². The van der Waals surface area contributed by atoms with Crippen LogP contribution in [0.5, 0.6) is 0 Å². The molecule has 1 saturated carbocycles. The van der Waals surface area contributed by atoms with Gasteiger partial charge in [0.25, 0.3) is 0 Å². The molecule has 1 saturated heterocycles. The van der Waals surface area contributed by atoms with Crippen molar-refractivity contribution in [2.75, 3.05) is 13.1 Å². The third kappa shape index (κ3) is 2.85. The van der Waals surface area contributed by atoms with E-state index >= 15 is 0 Å². The van der Waals surface area contributed by atoms with Crippen LogP contribution in [0.25, 0.3) is 0 Å². The smallest absolute Gasteiger partial charge is 0.144 e. The Morgan fingerprint density at radius 3 is 2.47 bits per heavy atom. The molecule has 0 radical (unpaired) electrons. The lowest BCUT2D eigenvalue weighted by Gasteiger charge is -2.34. The summed E-state index contributed by atoms with van der Waals surface area (Å²) in [6.07, 6.45) is 5.87. The predicted octanol–water partition coefficient (Wildman–Crippen LogP) is 2.44. The second-order valence-electron chi connectivity index (χ2n) is 6.28. The normalized spacial score (nSPS) is 28.8. The van der Waals surface area contributed by atoms with Gasteiger partial charge in [-0.15, -0.1) is 0 Å². The van der Waals surface area contributed by atoms with Gasteiger partial charge >= 0.3 is 0 Å². The summed E-state index contributed by atoms with van der Waals surface area (Å²) in [5.74, 6) is 0. The van der Waals surface area contributed by atoms with Crippen molar-refractivity contribution in [2.45, 2.75) is 57.6 Å². The molecule has 1 heterocycles. The average molecular weight is 256 g/mol. The van der Waals surface area contributed by atoms with Gasteiger partial charge in [0.05, 0.1) is 5.71 Å². The molecule has 1 N–H and O–H groups in total. The van der Waals surface area contributed by atoms with E-state index in [0.29, 0.717) is 0 Å². The van der Waals surface area contributed by atoms with Crippen LogP contribution in [0.15, 0.2) is 4.40 Å². The molecule has 4 heteroatoms. The third-order valence-corrected chi connectivity index (χ3v) is 5.39. The highest BCUT2D eigenvalue weighted by Gasteiger charge is 2.43. The lowest BCUT2D eigenvalue weighted by molar-refractivity contribution is 0.296. The van der Waals surface area contributed by atoms with Gasteiger partial charge in [-0.05, 0) is 66.0 Å². The standard InChI is InChI=1S/C13H24N2OS/c1-12(2,3)17(16)15-11-5-4-6-13(11)7-9-14-10-8-13/h14H,4-10H2,1-3H3. The molecule has 17 heavy (non-hydrogen) atoms. The minimum Gasteiger partial charge on any atom is -0.591 e. The summed E-state index contributed by atoms with van der Waals surface area (Å²) < 4.78 is 16.5. The third-order valence-electron chi connectivity index (χ3n) is 3.96. The van der Waals surface area contributed by atoms with Crippen molar-refractivity contribution in [1.29, 1.82) is 0 Å². The molecule has 2 fully saturated rings.